The zero-order chi connectivity index (χ0) is 12.7. The van der Waals surface area contributed by atoms with Crippen LogP contribution < -0.4 is 0 Å². The second-order valence-electron chi connectivity index (χ2n) is 3.41. The van der Waals surface area contributed by atoms with Crippen molar-refractivity contribution in [2.75, 3.05) is 13.2 Å². The molecule has 0 atom stereocenters. The highest BCUT2D eigenvalue weighted by Crippen LogP contribution is 2.08. The first kappa shape index (κ1) is 13.1. The number of pyridine rings is 1. The van der Waals surface area contributed by atoms with Crippen LogP contribution in [0.5, 0.6) is 0 Å². The molecule has 0 saturated heterocycles. The molecular formula is C13H15NO3. The van der Waals surface area contributed by atoms with Gasteiger partial charge in [0.25, 0.3) is 0 Å². The van der Waals surface area contributed by atoms with Gasteiger partial charge in [-0.05, 0) is 30.7 Å². The van der Waals surface area contributed by atoms with E-state index in [-0.39, 0.29) is 13.2 Å². The Hall–Kier alpha value is -1.94. The summed E-state index contributed by atoms with van der Waals surface area (Å²) >= 11 is 0. The lowest BCUT2D eigenvalue weighted by Crippen LogP contribution is -2.09. The molecule has 0 spiro atoms. The lowest BCUT2D eigenvalue weighted by molar-refractivity contribution is -0.139. The molecule has 0 radical (unpaired) electrons. The van der Waals surface area contributed by atoms with E-state index in [1.165, 1.54) is 0 Å². The fraction of sp³-hybridized carbons (Fsp3) is 0.231. The summed E-state index contributed by atoms with van der Waals surface area (Å²) in [5.41, 5.74) is 2.04. The van der Waals surface area contributed by atoms with E-state index in [9.17, 15) is 4.79 Å². The topological polar surface area (TPSA) is 59.4 Å². The van der Waals surface area contributed by atoms with Crippen molar-refractivity contribution < 1.29 is 14.6 Å². The molecule has 17 heavy (non-hydrogen) atoms. The molecule has 0 fully saturated rings. The van der Waals surface area contributed by atoms with Gasteiger partial charge in [-0.15, -0.1) is 0 Å². The fourth-order valence-corrected chi connectivity index (χ4v) is 1.20. The van der Waals surface area contributed by atoms with Gasteiger partial charge in [0.15, 0.2) is 0 Å². The zero-order valence-electron chi connectivity index (χ0n) is 9.72. The molecule has 90 valence electrons. The Kier molecular flexibility index (Phi) is 5.10. The average Bonchev–Trinajstić information content (AvgIpc) is 2.36. The molecule has 1 heterocycles. The summed E-state index contributed by atoms with van der Waals surface area (Å²) in [6.45, 7) is 5.13. The molecule has 0 aliphatic heterocycles. The van der Waals surface area contributed by atoms with Crippen LogP contribution in [0, 0.1) is 0 Å². The minimum atomic E-state index is -0.454. The summed E-state index contributed by atoms with van der Waals surface area (Å²) < 4.78 is 4.78. The maximum Gasteiger partial charge on any atom is 0.333 e. The molecular weight excluding hydrogens is 218 g/mol. The summed E-state index contributed by atoms with van der Waals surface area (Å²) in [6.07, 6.45) is 4.99. The molecule has 1 aromatic heterocycles. The Morgan fingerprint density at radius 1 is 1.65 bits per heavy atom. The van der Waals surface area contributed by atoms with Gasteiger partial charge in [0.1, 0.15) is 6.61 Å². The third-order valence-corrected chi connectivity index (χ3v) is 2.05. The Labute approximate surface area is 100 Å². The van der Waals surface area contributed by atoms with Gasteiger partial charge in [-0.3, -0.25) is 4.98 Å². The van der Waals surface area contributed by atoms with Gasteiger partial charge < -0.3 is 9.84 Å². The van der Waals surface area contributed by atoms with Crippen LogP contribution in [0.25, 0.3) is 12.2 Å². The summed E-state index contributed by atoms with van der Waals surface area (Å²) in [4.78, 5) is 15.5. The number of ether oxygens (including phenoxy) is 1. The van der Waals surface area contributed by atoms with Gasteiger partial charge in [0.05, 0.1) is 12.3 Å². The number of rotatable bonds is 5. The second kappa shape index (κ2) is 6.60. The van der Waals surface area contributed by atoms with E-state index in [1.54, 1.807) is 25.3 Å². The summed E-state index contributed by atoms with van der Waals surface area (Å²) in [5, 5.41) is 8.53. The predicted octanol–water partition coefficient (Wildman–Crippen LogP) is 1.66. The Bertz CT molecular complexity index is 438. The lowest BCUT2D eigenvalue weighted by Gasteiger charge is -2.02. The number of carbonyl (C=O) groups excluding carboxylic acids is 1. The Morgan fingerprint density at radius 2 is 2.41 bits per heavy atom. The maximum absolute atomic E-state index is 11.4. The van der Waals surface area contributed by atoms with E-state index in [2.05, 4.69) is 11.6 Å². The van der Waals surface area contributed by atoms with E-state index in [0.29, 0.717) is 11.3 Å². The first-order valence-corrected chi connectivity index (χ1v) is 5.22. The predicted molar refractivity (Wildman–Crippen MR) is 66.0 cm³/mol. The van der Waals surface area contributed by atoms with Gasteiger partial charge >= 0.3 is 5.97 Å². The molecule has 4 nitrogen and oxygen atoms in total. The number of hydrogen-bond acceptors (Lipinski definition) is 4. The second-order valence-corrected chi connectivity index (χ2v) is 3.41. The standard InChI is InChI=1S/C13H15NO3/c1-3-11-4-5-14-12(9-11)8-10(2)13(16)17-7-6-15/h3-5,8-9,15H,1,6-7H2,2H3/b10-8+. The normalized spacial score (nSPS) is 11.1. The first-order chi connectivity index (χ1) is 8.17. The third-order valence-electron chi connectivity index (χ3n) is 2.05. The number of hydrogen-bond donors (Lipinski definition) is 1. The summed E-state index contributed by atoms with van der Waals surface area (Å²) in [7, 11) is 0. The smallest absolute Gasteiger partial charge is 0.333 e. The number of aromatic nitrogens is 1. The van der Waals surface area contributed by atoms with Crippen molar-refractivity contribution in [2.24, 2.45) is 0 Å². The highest BCUT2D eigenvalue weighted by atomic mass is 16.5. The van der Waals surface area contributed by atoms with Crippen LogP contribution in [-0.4, -0.2) is 29.3 Å². The van der Waals surface area contributed by atoms with Gasteiger partial charge in [0, 0.05) is 11.8 Å². The average molecular weight is 233 g/mol. The number of carbonyl (C=O) groups is 1. The zero-order valence-corrected chi connectivity index (χ0v) is 9.72. The van der Waals surface area contributed by atoms with Crippen molar-refractivity contribution in [1.82, 2.24) is 4.98 Å². The molecule has 0 aliphatic rings. The summed E-state index contributed by atoms with van der Waals surface area (Å²) in [5.74, 6) is -0.454. The lowest BCUT2D eigenvalue weighted by atomic mass is 10.2. The molecule has 0 aromatic carbocycles. The van der Waals surface area contributed by atoms with E-state index < -0.39 is 5.97 Å². The van der Waals surface area contributed by atoms with Crippen LogP contribution >= 0.6 is 0 Å². The molecule has 0 bridgehead atoms. The van der Waals surface area contributed by atoms with Crippen LogP contribution in [0.4, 0.5) is 0 Å². The Morgan fingerprint density at radius 3 is 3.06 bits per heavy atom. The van der Waals surface area contributed by atoms with Crippen LogP contribution in [0.3, 0.4) is 0 Å². The molecule has 0 saturated carbocycles. The summed E-state index contributed by atoms with van der Waals surface area (Å²) in [6, 6.07) is 3.64. The quantitative estimate of drug-likeness (QED) is 0.620. The van der Waals surface area contributed by atoms with E-state index in [4.69, 9.17) is 9.84 Å². The van der Waals surface area contributed by atoms with Gasteiger partial charge in [0.2, 0.25) is 0 Å². The van der Waals surface area contributed by atoms with Crippen molar-refractivity contribution in [2.45, 2.75) is 6.92 Å². The number of aliphatic hydroxyl groups excluding tert-OH is 1. The highest BCUT2D eigenvalue weighted by molar-refractivity contribution is 5.92. The van der Waals surface area contributed by atoms with E-state index in [1.807, 2.05) is 12.1 Å². The van der Waals surface area contributed by atoms with Gasteiger partial charge in [-0.25, -0.2) is 4.79 Å². The number of nitrogens with zero attached hydrogens (tertiary/aromatic N) is 1. The largest absolute Gasteiger partial charge is 0.460 e. The fourth-order valence-electron chi connectivity index (χ4n) is 1.20. The number of aliphatic hydroxyl groups is 1. The minimum absolute atomic E-state index is 0.00411. The first-order valence-electron chi connectivity index (χ1n) is 5.22. The molecule has 1 aromatic rings. The molecule has 1 rings (SSSR count). The molecule has 0 amide bonds. The highest BCUT2D eigenvalue weighted by Gasteiger charge is 2.05. The molecule has 4 heteroatoms. The Balaban J connectivity index is 2.79. The van der Waals surface area contributed by atoms with Crippen LogP contribution in [0.1, 0.15) is 18.2 Å². The van der Waals surface area contributed by atoms with Crippen molar-refractivity contribution in [3.8, 4) is 0 Å². The van der Waals surface area contributed by atoms with E-state index >= 15 is 0 Å². The number of esters is 1. The van der Waals surface area contributed by atoms with Crippen LogP contribution in [0.2, 0.25) is 0 Å². The van der Waals surface area contributed by atoms with Crippen LogP contribution in [0.15, 0.2) is 30.5 Å². The molecule has 0 aliphatic carbocycles. The van der Waals surface area contributed by atoms with Gasteiger partial charge in [-0.2, -0.15) is 0 Å². The van der Waals surface area contributed by atoms with E-state index in [0.717, 1.165) is 5.56 Å². The van der Waals surface area contributed by atoms with Crippen LogP contribution in [-0.2, 0) is 9.53 Å². The minimum Gasteiger partial charge on any atom is -0.460 e. The van der Waals surface area contributed by atoms with Crippen molar-refractivity contribution in [3.05, 3.63) is 41.7 Å². The molecule has 0 unspecified atom stereocenters. The SMILES string of the molecule is C=Cc1ccnc(/C=C(\C)C(=O)OCCO)c1. The third kappa shape index (κ3) is 4.20. The van der Waals surface area contributed by atoms with Crippen molar-refractivity contribution in [3.63, 3.8) is 0 Å². The van der Waals surface area contributed by atoms with Crippen molar-refractivity contribution >= 4 is 18.1 Å². The molecule has 1 N–H and O–H groups in total. The van der Waals surface area contributed by atoms with Crippen molar-refractivity contribution in [1.29, 1.82) is 0 Å². The monoisotopic (exact) mass is 233 g/mol. The van der Waals surface area contributed by atoms with Gasteiger partial charge in [-0.1, -0.05) is 12.7 Å². The maximum atomic E-state index is 11.4.